The van der Waals surface area contributed by atoms with Gasteiger partial charge in [0.15, 0.2) is 5.78 Å². The molecule has 30 heavy (non-hydrogen) atoms. The van der Waals surface area contributed by atoms with Crippen molar-refractivity contribution < 1.29 is 18.7 Å². The van der Waals surface area contributed by atoms with E-state index in [1.54, 1.807) is 23.1 Å². The van der Waals surface area contributed by atoms with Crippen molar-refractivity contribution in [3.63, 3.8) is 0 Å². The quantitative estimate of drug-likeness (QED) is 0.792. The molecule has 1 saturated heterocycles. The number of ether oxygens (including phenoxy) is 1. The number of hydrogen-bond donors (Lipinski definition) is 1. The molecule has 7 heteroatoms. The summed E-state index contributed by atoms with van der Waals surface area (Å²) in [5, 5.41) is 3.24. The zero-order valence-electron chi connectivity index (χ0n) is 17.3. The first kappa shape index (κ1) is 20.3. The zero-order chi connectivity index (χ0) is 21.3. The summed E-state index contributed by atoms with van der Waals surface area (Å²) in [6, 6.07) is 10.6. The van der Waals surface area contributed by atoms with Crippen LogP contribution in [0.25, 0.3) is 0 Å². The number of ketones is 1. The molecule has 0 bridgehead atoms. The highest BCUT2D eigenvalue weighted by Gasteiger charge is 2.28. The van der Waals surface area contributed by atoms with Crippen LogP contribution in [-0.4, -0.2) is 51.0 Å². The van der Waals surface area contributed by atoms with Crippen molar-refractivity contribution >= 4 is 23.1 Å². The molecular formula is C23H26FN3O3. The molecule has 4 rings (SSSR count). The maximum Gasteiger partial charge on any atom is 0.258 e. The second kappa shape index (κ2) is 8.44. The van der Waals surface area contributed by atoms with E-state index in [1.165, 1.54) is 13.0 Å². The number of likely N-dealkylation sites (N-methyl/N-ethyl adjacent to an activating group) is 1. The Hall–Kier alpha value is -2.93. The standard InChI is InChI=1S/C23H26FN3O3/c1-15(28)14-30-19-4-5-20-16(11-19)7-10-27(23(20)29)18-3-6-22(21(24)12-18)26-9-8-17(13-26)25-2/h3-6,11-12,17,25H,7-10,13-14H2,1-2H3/t17-/m1/s1. The minimum atomic E-state index is -0.309. The molecule has 0 aromatic heterocycles. The second-order valence-electron chi connectivity index (χ2n) is 7.87. The van der Waals surface area contributed by atoms with E-state index in [4.69, 9.17) is 4.74 Å². The van der Waals surface area contributed by atoms with Gasteiger partial charge in [0, 0.05) is 36.9 Å². The Morgan fingerprint density at radius 2 is 2.07 bits per heavy atom. The predicted octanol–water partition coefficient (Wildman–Crippen LogP) is 2.79. The molecule has 2 heterocycles. The Morgan fingerprint density at radius 3 is 2.77 bits per heavy atom. The number of benzene rings is 2. The number of anilines is 2. The summed E-state index contributed by atoms with van der Waals surface area (Å²) >= 11 is 0. The Labute approximate surface area is 175 Å². The van der Waals surface area contributed by atoms with Gasteiger partial charge < -0.3 is 19.9 Å². The van der Waals surface area contributed by atoms with Gasteiger partial charge in [-0.1, -0.05) is 0 Å². The van der Waals surface area contributed by atoms with Gasteiger partial charge in [0.2, 0.25) is 0 Å². The Morgan fingerprint density at radius 1 is 1.23 bits per heavy atom. The Balaban J connectivity index is 1.51. The highest BCUT2D eigenvalue weighted by Crippen LogP contribution is 2.31. The Kier molecular flexibility index (Phi) is 5.72. The zero-order valence-corrected chi connectivity index (χ0v) is 17.3. The number of rotatable bonds is 6. The number of fused-ring (bicyclic) bond motifs is 1. The van der Waals surface area contributed by atoms with Crippen molar-refractivity contribution in [2.45, 2.75) is 25.8 Å². The van der Waals surface area contributed by atoms with E-state index < -0.39 is 0 Å². The van der Waals surface area contributed by atoms with Crippen molar-refractivity contribution in [1.82, 2.24) is 5.32 Å². The summed E-state index contributed by atoms with van der Waals surface area (Å²) in [6.45, 7) is 3.53. The molecule has 1 atom stereocenters. The molecule has 158 valence electrons. The van der Waals surface area contributed by atoms with Crippen LogP contribution >= 0.6 is 0 Å². The highest BCUT2D eigenvalue weighted by molar-refractivity contribution is 6.08. The number of halogens is 1. The lowest BCUT2D eigenvalue weighted by molar-refractivity contribution is -0.118. The van der Waals surface area contributed by atoms with Crippen LogP contribution in [0.2, 0.25) is 0 Å². The van der Waals surface area contributed by atoms with E-state index in [-0.39, 0.29) is 24.1 Å². The predicted molar refractivity (Wildman–Crippen MR) is 114 cm³/mol. The summed E-state index contributed by atoms with van der Waals surface area (Å²) in [7, 11) is 1.92. The molecule has 2 aliphatic rings. The molecule has 0 unspecified atom stereocenters. The molecule has 0 aliphatic carbocycles. The van der Waals surface area contributed by atoms with Crippen molar-refractivity contribution in [3.8, 4) is 5.75 Å². The number of amides is 1. The van der Waals surface area contributed by atoms with Gasteiger partial charge in [0.1, 0.15) is 18.2 Å². The fourth-order valence-electron chi connectivity index (χ4n) is 4.12. The first-order chi connectivity index (χ1) is 14.5. The maximum absolute atomic E-state index is 14.9. The molecular weight excluding hydrogens is 385 g/mol. The molecule has 1 amide bonds. The lowest BCUT2D eigenvalue weighted by atomic mass is 9.98. The summed E-state index contributed by atoms with van der Waals surface area (Å²) in [6.07, 6.45) is 1.62. The van der Waals surface area contributed by atoms with Crippen molar-refractivity contribution in [3.05, 3.63) is 53.3 Å². The van der Waals surface area contributed by atoms with Gasteiger partial charge in [-0.2, -0.15) is 0 Å². The SMILES string of the molecule is CN[C@@H]1CCN(c2ccc(N3CCc4cc(OCC(C)=O)ccc4C3=O)cc2F)C1. The van der Waals surface area contributed by atoms with Gasteiger partial charge in [-0.15, -0.1) is 0 Å². The highest BCUT2D eigenvalue weighted by atomic mass is 19.1. The smallest absolute Gasteiger partial charge is 0.258 e. The van der Waals surface area contributed by atoms with Crippen LogP contribution in [-0.2, 0) is 11.2 Å². The molecule has 2 aromatic carbocycles. The van der Waals surface area contributed by atoms with Crippen LogP contribution in [0.1, 0.15) is 29.3 Å². The van der Waals surface area contributed by atoms with E-state index in [0.29, 0.717) is 41.7 Å². The number of carbonyl (C=O) groups excluding carboxylic acids is 2. The third kappa shape index (κ3) is 4.03. The van der Waals surface area contributed by atoms with Crippen LogP contribution in [0, 0.1) is 5.82 Å². The van der Waals surface area contributed by atoms with E-state index in [0.717, 1.165) is 25.1 Å². The van der Waals surface area contributed by atoms with Gasteiger partial charge in [-0.05, 0) is 68.8 Å². The monoisotopic (exact) mass is 411 g/mol. The summed E-state index contributed by atoms with van der Waals surface area (Å²) in [5.41, 5.74) is 2.60. The summed E-state index contributed by atoms with van der Waals surface area (Å²) in [5.74, 6) is 0.0516. The topological polar surface area (TPSA) is 61.9 Å². The van der Waals surface area contributed by atoms with Gasteiger partial charge in [-0.25, -0.2) is 4.39 Å². The molecule has 0 saturated carbocycles. The fourth-order valence-corrected chi connectivity index (χ4v) is 4.12. The van der Waals surface area contributed by atoms with E-state index in [2.05, 4.69) is 5.32 Å². The second-order valence-corrected chi connectivity index (χ2v) is 7.87. The summed E-state index contributed by atoms with van der Waals surface area (Å²) in [4.78, 5) is 27.8. The van der Waals surface area contributed by atoms with Gasteiger partial charge >= 0.3 is 0 Å². The van der Waals surface area contributed by atoms with Gasteiger partial charge in [-0.3, -0.25) is 9.59 Å². The average Bonchev–Trinajstić information content (AvgIpc) is 3.21. The van der Waals surface area contributed by atoms with Crippen molar-refractivity contribution in [2.75, 3.05) is 43.1 Å². The van der Waals surface area contributed by atoms with E-state index >= 15 is 0 Å². The van der Waals surface area contributed by atoms with Crippen LogP contribution in [0.4, 0.5) is 15.8 Å². The molecule has 1 N–H and O–H groups in total. The maximum atomic E-state index is 14.9. The van der Waals surface area contributed by atoms with Crippen molar-refractivity contribution in [2.24, 2.45) is 0 Å². The average molecular weight is 411 g/mol. The normalized spacial score (nSPS) is 18.5. The molecule has 0 radical (unpaired) electrons. The molecule has 1 fully saturated rings. The lowest BCUT2D eigenvalue weighted by Gasteiger charge is -2.29. The fraction of sp³-hybridized carbons (Fsp3) is 0.391. The van der Waals surface area contributed by atoms with E-state index in [9.17, 15) is 14.0 Å². The van der Waals surface area contributed by atoms with Crippen LogP contribution in [0.3, 0.4) is 0 Å². The first-order valence-corrected chi connectivity index (χ1v) is 10.2. The minimum Gasteiger partial charge on any atom is -0.486 e. The van der Waals surface area contributed by atoms with Gasteiger partial charge in [0.05, 0.1) is 5.69 Å². The number of hydrogen-bond acceptors (Lipinski definition) is 5. The van der Waals surface area contributed by atoms with Crippen LogP contribution < -0.4 is 19.9 Å². The Bertz CT molecular complexity index is 978. The molecule has 2 aromatic rings. The first-order valence-electron chi connectivity index (χ1n) is 10.2. The van der Waals surface area contributed by atoms with Gasteiger partial charge in [0.25, 0.3) is 5.91 Å². The lowest BCUT2D eigenvalue weighted by Crippen LogP contribution is -2.37. The third-order valence-electron chi connectivity index (χ3n) is 5.78. The summed E-state index contributed by atoms with van der Waals surface area (Å²) < 4.78 is 20.3. The molecule has 6 nitrogen and oxygen atoms in total. The van der Waals surface area contributed by atoms with Crippen LogP contribution in [0.15, 0.2) is 36.4 Å². The number of Topliss-reactive ketones (excluding diaryl/α,β-unsaturated/α-hetero) is 1. The van der Waals surface area contributed by atoms with E-state index in [1.807, 2.05) is 24.1 Å². The van der Waals surface area contributed by atoms with Crippen molar-refractivity contribution in [1.29, 1.82) is 0 Å². The number of nitrogens with zero attached hydrogens (tertiary/aromatic N) is 2. The molecule has 0 spiro atoms. The largest absolute Gasteiger partial charge is 0.486 e. The minimum absolute atomic E-state index is 0.0105. The number of nitrogens with one attached hydrogen (secondary N) is 1. The number of carbonyl (C=O) groups is 2. The van der Waals surface area contributed by atoms with Crippen LogP contribution in [0.5, 0.6) is 5.75 Å². The third-order valence-corrected chi connectivity index (χ3v) is 5.78. The molecule has 2 aliphatic heterocycles.